The zero-order valence-electron chi connectivity index (χ0n) is 16.6. The third-order valence-corrected chi connectivity index (χ3v) is 4.76. The van der Waals surface area contributed by atoms with Gasteiger partial charge in [-0.15, -0.1) is 0 Å². The highest BCUT2D eigenvalue weighted by Crippen LogP contribution is 2.41. The van der Waals surface area contributed by atoms with E-state index in [0.717, 1.165) is 11.1 Å². The van der Waals surface area contributed by atoms with Crippen LogP contribution in [-0.4, -0.2) is 40.8 Å². The third-order valence-electron chi connectivity index (χ3n) is 4.53. The van der Waals surface area contributed by atoms with E-state index in [1.54, 1.807) is 23.1 Å². The number of hydrogen-bond donors (Lipinski definition) is 1. The number of ether oxygens (including phenoxy) is 2. The first kappa shape index (κ1) is 21.0. The molecule has 7 heteroatoms. The quantitative estimate of drug-likeness (QED) is 0.781. The van der Waals surface area contributed by atoms with Gasteiger partial charge in [0.1, 0.15) is 11.4 Å². The first-order chi connectivity index (χ1) is 13.7. The average Bonchev–Trinajstić information content (AvgIpc) is 2.64. The molecule has 0 unspecified atom stereocenters. The summed E-state index contributed by atoms with van der Waals surface area (Å²) in [6.07, 6.45) is 0.249. The van der Waals surface area contributed by atoms with Crippen LogP contribution in [0.4, 0.5) is 4.79 Å². The van der Waals surface area contributed by atoms with E-state index in [1.165, 1.54) is 0 Å². The molecule has 154 valence electrons. The van der Waals surface area contributed by atoms with Crippen molar-refractivity contribution >= 4 is 23.7 Å². The maximum Gasteiger partial charge on any atom is 0.411 e. The Kier molecular flexibility index (Phi) is 6.03. The second kappa shape index (κ2) is 8.33. The fraction of sp³-hybridized carbons (Fsp3) is 0.364. The van der Waals surface area contributed by atoms with Gasteiger partial charge in [-0.2, -0.15) is 0 Å². The molecule has 6 nitrogen and oxygen atoms in total. The van der Waals surface area contributed by atoms with Crippen LogP contribution >= 0.6 is 11.6 Å². The van der Waals surface area contributed by atoms with Crippen LogP contribution in [0.1, 0.15) is 43.5 Å². The molecule has 1 atom stereocenters. The van der Waals surface area contributed by atoms with Crippen molar-refractivity contribution in [2.24, 2.45) is 0 Å². The molecular weight excluding hydrogens is 394 g/mol. The lowest BCUT2D eigenvalue weighted by atomic mass is 9.88. The van der Waals surface area contributed by atoms with Gasteiger partial charge in [0.05, 0.1) is 6.04 Å². The fourth-order valence-electron chi connectivity index (χ4n) is 3.42. The summed E-state index contributed by atoms with van der Waals surface area (Å²) in [4.78, 5) is 25.7. The van der Waals surface area contributed by atoms with Crippen molar-refractivity contribution in [3.8, 4) is 5.75 Å². The third kappa shape index (κ3) is 5.01. The zero-order valence-corrected chi connectivity index (χ0v) is 17.4. The number of nitrogens with zero attached hydrogens (tertiary/aromatic N) is 1. The van der Waals surface area contributed by atoms with Crippen molar-refractivity contribution < 1.29 is 24.2 Å². The fourth-order valence-corrected chi connectivity index (χ4v) is 3.60. The summed E-state index contributed by atoms with van der Waals surface area (Å²) in [5.74, 6) is -0.717. The number of carboxylic acids is 1. The molecule has 1 aliphatic heterocycles. The first-order valence-electron chi connectivity index (χ1n) is 9.37. The van der Waals surface area contributed by atoms with Gasteiger partial charge in [-0.3, -0.25) is 4.90 Å². The normalized spacial score (nSPS) is 16.1. The van der Waals surface area contributed by atoms with E-state index in [2.05, 4.69) is 0 Å². The number of hydrogen-bond acceptors (Lipinski definition) is 4. The highest BCUT2D eigenvalue weighted by Gasteiger charge is 2.36. The minimum absolute atomic E-state index is 0.368. The highest BCUT2D eigenvalue weighted by atomic mass is 35.5. The van der Waals surface area contributed by atoms with Crippen molar-refractivity contribution in [1.82, 2.24) is 4.90 Å². The molecule has 0 aliphatic carbocycles. The number of benzene rings is 2. The van der Waals surface area contributed by atoms with Gasteiger partial charge < -0.3 is 14.6 Å². The minimum atomic E-state index is -1.08. The van der Waals surface area contributed by atoms with Gasteiger partial charge in [0.15, 0.2) is 6.61 Å². The van der Waals surface area contributed by atoms with Crippen LogP contribution in [0.25, 0.3) is 0 Å². The molecular formula is C22H24ClNO5. The Hall–Kier alpha value is -2.73. The summed E-state index contributed by atoms with van der Waals surface area (Å²) in [6.45, 7) is 5.42. The minimum Gasteiger partial charge on any atom is -0.482 e. The van der Waals surface area contributed by atoms with Crippen LogP contribution in [0.15, 0.2) is 42.5 Å². The lowest BCUT2D eigenvalue weighted by molar-refractivity contribution is -0.139. The zero-order chi connectivity index (χ0) is 21.2. The first-order valence-corrected chi connectivity index (χ1v) is 9.75. The molecule has 0 fully saturated rings. The molecule has 2 aromatic carbocycles. The van der Waals surface area contributed by atoms with Crippen molar-refractivity contribution in [3.63, 3.8) is 0 Å². The molecule has 1 aliphatic rings. The molecule has 1 N–H and O–H groups in total. The van der Waals surface area contributed by atoms with E-state index < -0.39 is 30.3 Å². The summed E-state index contributed by atoms with van der Waals surface area (Å²) in [6, 6.07) is 12.3. The maximum atomic E-state index is 13.0. The van der Waals surface area contributed by atoms with Crippen LogP contribution in [0.5, 0.6) is 5.75 Å². The average molecular weight is 418 g/mol. The van der Waals surface area contributed by atoms with Gasteiger partial charge in [0.25, 0.3) is 0 Å². The number of aliphatic carboxylic acids is 1. The summed E-state index contributed by atoms with van der Waals surface area (Å²) in [5, 5.41) is 9.49. The van der Waals surface area contributed by atoms with E-state index in [0.29, 0.717) is 29.3 Å². The topological polar surface area (TPSA) is 76.1 Å². The predicted molar refractivity (Wildman–Crippen MR) is 110 cm³/mol. The number of rotatable bonds is 4. The van der Waals surface area contributed by atoms with E-state index in [1.807, 2.05) is 45.0 Å². The number of carboxylic acid groups (broad SMARTS) is 1. The van der Waals surface area contributed by atoms with Gasteiger partial charge in [0.2, 0.25) is 0 Å². The molecule has 3 rings (SSSR count). The largest absolute Gasteiger partial charge is 0.482 e. The molecule has 0 aromatic heterocycles. The predicted octanol–water partition coefficient (Wildman–Crippen LogP) is 4.69. The molecule has 0 saturated carbocycles. The van der Waals surface area contributed by atoms with Crippen molar-refractivity contribution in [2.75, 3.05) is 13.2 Å². The summed E-state index contributed by atoms with van der Waals surface area (Å²) in [7, 11) is 0. The molecule has 2 aromatic rings. The molecule has 0 spiro atoms. The van der Waals surface area contributed by atoms with Gasteiger partial charge in [-0.1, -0.05) is 35.9 Å². The standard InChI is InChI=1S/C22H24ClNO5/c1-22(2,3)29-21(27)24-11-10-14-6-4-5-7-16(14)20(24)17-12-15(23)8-9-18(17)28-13-19(25)26/h4-9,12,20H,10-11,13H2,1-3H3,(H,25,26)/t20-/m0/s1. The second-order valence-electron chi connectivity index (χ2n) is 7.89. The smallest absolute Gasteiger partial charge is 0.411 e. The Morgan fingerprint density at radius 3 is 2.59 bits per heavy atom. The van der Waals surface area contributed by atoms with Gasteiger partial charge >= 0.3 is 12.1 Å². The lowest BCUT2D eigenvalue weighted by Gasteiger charge is -2.39. The van der Waals surface area contributed by atoms with E-state index in [4.69, 9.17) is 26.2 Å². The monoisotopic (exact) mass is 417 g/mol. The van der Waals surface area contributed by atoms with Crippen LogP contribution in [-0.2, 0) is 16.0 Å². The molecule has 0 bridgehead atoms. The van der Waals surface area contributed by atoms with Crippen LogP contribution in [0, 0.1) is 0 Å². The Morgan fingerprint density at radius 1 is 1.17 bits per heavy atom. The van der Waals surface area contributed by atoms with E-state index in [-0.39, 0.29) is 0 Å². The van der Waals surface area contributed by atoms with Crippen LogP contribution in [0.2, 0.25) is 5.02 Å². The Balaban J connectivity index is 2.10. The van der Waals surface area contributed by atoms with Crippen molar-refractivity contribution in [1.29, 1.82) is 0 Å². The highest BCUT2D eigenvalue weighted by molar-refractivity contribution is 6.30. The van der Waals surface area contributed by atoms with Crippen LogP contribution in [0.3, 0.4) is 0 Å². The molecule has 0 radical (unpaired) electrons. The van der Waals surface area contributed by atoms with Gasteiger partial charge in [0, 0.05) is 17.1 Å². The summed E-state index contributed by atoms with van der Waals surface area (Å²) >= 11 is 6.25. The van der Waals surface area contributed by atoms with Crippen molar-refractivity contribution in [2.45, 2.75) is 38.8 Å². The number of amides is 1. The Labute approximate surface area is 175 Å². The maximum absolute atomic E-state index is 13.0. The number of fused-ring (bicyclic) bond motifs is 1. The van der Waals surface area contributed by atoms with Gasteiger partial charge in [-0.25, -0.2) is 9.59 Å². The lowest BCUT2D eigenvalue weighted by Crippen LogP contribution is -2.43. The second-order valence-corrected chi connectivity index (χ2v) is 8.33. The molecule has 0 saturated heterocycles. The van der Waals surface area contributed by atoms with E-state index >= 15 is 0 Å². The van der Waals surface area contributed by atoms with E-state index in [9.17, 15) is 9.59 Å². The molecule has 1 amide bonds. The number of carbonyl (C=O) groups is 2. The van der Waals surface area contributed by atoms with Crippen LogP contribution < -0.4 is 4.74 Å². The number of halogens is 1. The van der Waals surface area contributed by atoms with Crippen molar-refractivity contribution in [3.05, 3.63) is 64.2 Å². The number of carbonyl (C=O) groups excluding carboxylic acids is 1. The van der Waals surface area contributed by atoms with Gasteiger partial charge in [-0.05, 0) is 56.5 Å². The Morgan fingerprint density at radius 2 is 1.90 bits per heavy atom. The molecule has 1 heterocycles. The summed E-state index contributed by atoms with van der Waals surface area (Å²) < 4.78 is 11.1. The SMILES string of the molecule is CC(C)(C)OC(=O)N1CCc2ccccc2[C@H]1c1cc(Cl)ccc1OCC(=O)O. The summed E-state index contributed by atoms with van der Waals surface area (Å²) in [5.41, 5.74) is 2.03. The molecule has 29 heavy (non-hydrogen) atoms. The Bertz CT molecular complexity index is 922.